The first-order chi connectivity index (χ1) is 15.5. The van der Waals surface area contributed by atoms with Gasteiger partial charge in [0.15, 0.2) is 8.32 Å². The number of fused-ring (bicyclic) bond motifs is 2. The van der Waals surface area contributed by atoms with Crippen LogP contribution in [0.15, 0.2) is 41.3 Å². The third-order valence-electron chi connectivity index (χ3n) is 6.40. The van der Waals surface area contributed by atoms with Crippen molar-refractivity contribution in [3.63, 3.8) is 0 Å². The smallest absolute Gasteiger partial charge is 0.355 e. The summed E-state index contributed by atoms with van der Waals surface area (Å²) in [6.45, 7) is 11.9. The molecule has 1 saturated heterocycles. The molecule has 1 aromatic heterocycles. The summed E-state index contributed by atoms with van der Waals surface area (Å²) in [6.07, 6.45) is 1.80. The Balaban J connectivity index is 1.76. The van der Waals surface area contributed by atoms with Crippen LogP contribution in [-0.2, 0) is 32.8 Å². The highest BCUT2D eigenvalue weighted by Crippen LogP contribution is 2.48. The van der Waals surface area contributed by atoms with Gasteiger partial charge in [0, 0.05) is 14.1 Å². The molecule has 0 bridgehead atoms. The van der Waals surface area contributed by atoms with Crippen molar-refractivity contribution in [2.75, 3.05) is 6.61 Å². The van der Waals surface area contributed by atoms with Gasteiger partial charge in [-0.15, -0.1) is 0 Å². The Morgan fingerprint density at radius 2 is 1.88 bits per heavy atom. The summed E-state index contributed by atoms with van der Waals surface area (Å²) in [5.41, 5.74) is 3.28. The van der Waals surface area contributed by atoms with Gasteiger partial charge in [-0.25, -0.2) is 9.59 Å². The molecule has 1 aromatic carbocycles. The molecule has 3 heterocycles. The number of carbonyl (C=O) groups is 2. The molecule has 2 aliphatic heterocycles. The van der Waals surface area contributed by atoms with Crippen molar-refractivity contribution in [3.8, 4) is 0 Å². The number of benzene rings is 1. The third-order valence-corrected chi connectivity index (χ3v) is 7.48. The lowest BCUT2D eigenvalue weighted by Crippen LogP contribution is -2.63. The lowest BCUT2D eigenvalue weighted by atomic mass is 9.82. The maximum absolute atomic E-state index is 13.2. The van der Waals surface area contributed by atoms with Gasteiger partial charge in [-0.1, -0.05) is 18.7 Å². The van der Waals surface area contributed by atoms with E-state index in [9.17, 15) is 14.4 Å². The molecule has 8 nitrogen and oxygen atoms in total. The topological polar surface area (TPSA) is 82.8 Å². The fraction of sp³-hybridized carbons (Fsp3) is 0.458. The Morgan fingerprint density at radius 3 is 2.52 bits per heavy atom. The second kappa shape index (κ2) is 8.14. The number of amides is 1. The lowest BCUT2D eigenvalue weighted by Gasteiger charge is -2.47. The molecule has 0 radical (unpaired) electrons. The standard InChI is InChI=1S/C24H31N3O5Si/c1-8-11-31-23(29)21-16(15-9-10-17-18(12-15)26(4)24(30)25(17)3)13-19-20(22(28)27(19)21)14(2)32-33(5,6)7/h8-10,12,14,19-20H,1,11,13H2,2-7H3/t14-,19-,20-/m1/s1. The molecule has 0 N–H and O–H groups in total. The molecule has 9 heteroatoms. The van der Waals surface area contributed by atoms with Crippen LogP contribution in [0, 0.1) is 5.92 Å². The first-order valence-corrected chi connectivity index (χ1v) is 14.5. The summed E-state index contributed by atoms with van der Waals surface area (Å²) >= 11 is 0. The molecule has 1 amide bonds. The van der Waals surface area contributed by atoms with Crippen molar-refractivity contribution in [3.05, 3.63) is 52.6 Å². The van der Waals surface area contributed by atoms with Gasteiger partial charge in [0.2, 0.25) is 5.91 Å². The van der Waals surface area contributed by atoms with Crippen LogP contribution < -0.4 is 5.69 Å². The number of aromatic nitrogens is 2. The molecule has 2 aromatic rings. The van der Waals surface area contributed by atoms with Crippen LogP contribution in [0.1, 0.15) is 18.9 Å². The molecule has 3 atom stereocenters. The van der Waals surface area contributed by atoms with Crippen LogP contribution in [0.25, 0.3) is 16.6 Å². The van der Waals surface area contributed by atoms with Crippen molar-refractivity contribution in [2.45, 2.75) is 45.1 Å². The predicted molar refractivity (Wildman–Crippen MR) is 129 cm³/mol. The number of imidazole rings is 1. The van der Waals surface area contributed by atoms with E-state index in [1.165, 1.54) is 6.08 Å². The van der Waals surface area contributed by atoms with Gasteiger partial charge in [-0.3, -0.25) is 13.9 Å². The quantitative estimate of drug-likeness (QED) is 0.270. The largest absolute Gasteiger partial charge is 0.457 e. The van der Waals surface area contributed by atoms with E-state index in [2.05, 4.69) is 26.2 Å². The van der Waals surface area contributed by atoms with Crippen LogP contribution in [-0.4, -0.2) is 53.0 Å². The second-order valence-electron chi connectivity index (χ2n) is 9.76. The normalized spacial score (nSPS) is 21.3. The summed E-state index contributed by atoms with van der Waals surface area (Å²) in [5, 5.41) is 0. The van der Waals surface area contributed by atoms with Gasteiger partial charge < -0.3 is 14.1 Å². The molecular formula is C24H31N3O5Si. The van der Waals surface area contributed by atoms with E-state index in [0.29, 0.717) is 6.42 Å². The number of nitrogens with zero attached hydrogens (tertiary/aromatic N) is 3. The fourth-order valence-corrected chi connectivity index (χ4v) is 6.29. The first-order valence-electron chi connectivity index (χ1n) is 11.1. The predicted octanol–water partition coefficient (Wildman–Crippen LogP) is 2.79. The zero-order chi connectivity index (χ0) is 24.2. The fourth-order valence-electron chi connectivity index (χ4n) is 5.03. The van der Waals surface area contributed by atoms with Crippen LogP contribution >= 0.6 is 0 Å². The SMILES string of the molecule is C=CCOC(=O)C1=C(c2ccc3c(c2)n(C)c(=O)n3C)C[C@@H]2[C@@H]([C@@H](C)O[Si](C)(C)C)C(=O)N12. The van der Waals surface area contributed by atoms with E-state index in [-0.39, 0.29) is 42.0 Å². The zero-order valence-electron chi connectivity index (χ0n) is 20.0. The van der Waals surface area contributed by atoms with Crippen molar-refractivity contribution >= 4 is 36.8 Å². The molecule has 33 heavy (non-hydrogen) atoms. The van der Waals surface area contributed by atoms with E-state index in [1.807, 2.05) is 25.1 Å². The Labute approximate surface area is 194 Å². The number of ether oxygens (including phenoxy) is 1. The summed E-state index contributed by atoms with van der Waals surface area (Å²) in [7, 11) is 1.61. The monoisotopic (exact) mass is 469 g/mol. The minimum atomic E-state index is -1.84. The van der Waals surface area contributed by atoms with Gasteiger partial charge in [0.05, 0.1) is 29.1 Å². The summed E-state index contributed by atoms with van der Waals surface area (Å²) in [5.74, 6) is -0.958. The van der Waals surface area contributed by atoms with E-state index in [1.54, 1.807) is 28.1 Å². The molecule has 2 aliphatic rings. The average Bonchev–Trinajstić information content (AvgIpc) is 3.18. The number of hydrogen-bond acceptors (Lipinski definition) is 5. The molecular weight excluding hydrogens is 438 g/mol. The maximum atomic E-state index is 13.2. The minimum Gasteiger partial charge on any atom is -0.457 e. The average molecular weight is 470 g/mol. The summed E-state index contributed by atoms with van der Waals surface area (Å²) in [6, 6.07) is 5.52. The van der Waals surface area contributed by atoms with Crippen molar-refractivity contribution < 1.29 is 18.8 Å². The number of esters is 1. The maximum Gasteiger partial charge on any atom is 0.355 e. The zero-order valence-corrected chi connectivity index (χ0v) is 21.0. The van der Waals surface area contributed by atoms with Crippen molar-refractivity contribution in [1.29, 1.82) is 0 Å². The molecule has 0 spiro atoms. The van der Waals surface area contributed by atoms with Crippen molar-refractivity contribution in [1.82, 2.24) is 14.0 Å². The number of hydrogen-bond donors (Lipinski definition) is 0. The Hall–Kier alpha value is -2.91. The lowest BCUT2D eigenvalue weighted by molar-refractivity contribution is -0.161. The third kappa shape index (κ3) is 3.79. The highest BCUT2D eigenvalue weighted by Gasteiger charge is 2.57. The number of β-lactam (4-membered cyclic amide) rings is 1. The molecule has 176 valence electrons. The van der Waals surface area contributed by atoms with Gasteiger partial charge in [0.25, 0.3) is 0 Å². The highest BCUT2D eigenvalue weighted by atomic mass is 28.4. The van der Waals surface area contributed by atoms with Gasteiger partial charge in [-0.05, 0) is 56.3 Å². The minimum absolute atomic E-state index is 0.0626. The van der Waals surface area contributed by atoms with Crippen LogP contribution in [0.5, 0.6) is 0 Å². The van der Waals surface area contributed by atoms with Crippen LogP contribution in [0.2, 0.25) is 19.6 Å². The van der Waals surface area contributed by atoms with E-state index < -0.39 is 14.3 Å². The van der Waals surface area contributed by atoms with Crippen LogP contribution in [0.3, 0.4) is 0 Å². The van der Waals surface area contributed by atoms with Gasteiger partial charge in [0.1, 0.15) is 12.3 Å². The Bertz CT molecular complexity index is 1250. The number of aryl methyl sites for hydroxylation is 2. The van der Waals surface area contributed by atoms with Gasteiger partial charge in [-0.2, -0.15) is 0 Å². The van der Waals surface area contributed by atoms with Gasteiger partial charge >= 0.3 is 11.7 Å². The Kier molecular flexibility index (Phi) is 5.74. The molecule has 0 saturated carbocycles. The first kappa shape index (κ1) is 23.3. The number of carbonyl (C=O) groups excluding carboxylic acids is 2. The van der Waals surface area contributed by atoms with E-state index in [0.717, 1.165) is 22.2 Å². The van der Waals surface area contributed by atoms with Crippen molar-refractivity contribution in [2.24, 2.45) is 20.0 Å². The highest BCUT2D eigenvalue weighted by molar-refractivity contribution is 6.69. The summed E-state index contributed by atoms with van der Waals surface area (Å²) in [4.78, 5) is 40.2. The number of rotatable bonds is 7. The molecule has 0 unspecified atom stereocenters. The molecule has 1 fully saturated rings. The second-order valence-corrected chi connectivity index (χ2v) is 14.2. The van der Waals surface area contributed by atoms with Crippen LogP contribution in [0.4, 0.5) is 0 Å². The van der Waals surface area contributed by atoms with E-state index >= 15 is 0 Å². The molecule has 0 aliphatic carbocycles. The van der Waals surface area contributed by atoms with E-state index in [4.69, 9.17) is 9.16 Å². The summed E-state index contributed by atoms with van der Waals surface area (Å²) < 4.78 is 14.7. The molecule has 4 rings (SSSR count). The Morgan fingerprint density at radius 1 is 1.21 bits per heavy atom.